The van der Waals surface area contributed by atoms with Crippen LogP contribution in [0.5, 0.6) is 0 Å². The van der Waals surface area contributed by atoms with Gasteiger partial charge in [-0.3, -0.25) is 9.59 Å². The Labute approximate surface area is 111 Å². The summed E-state index contributed by atoms with van der Waals surface area (Å²) in [4.78, 5) is 23.7. The summed E-state index contributed by atoms with van der Waals surface area (Å²) in [5.41, 5.74) is 1.70. The van der Waals surface area contributed by atoms with Gasteiger partial charge in [-0.15, -0.1) is 0 Å². The third-order valence-electron chi connectivity index (χ3n) is 3.57. The van der Waals surface area contributed by atoms with Gasteiger partial charge in [0, 0.05) is 35.6 Å². The molecule has 98 valence electrons. The zero-order valence-electron chi connectivity index (χ0n) is 10.8. The Bertz CT molecular complexity index is 653. The van der Waals surface area contributed by atoms with Crippen LogP contribution in [0.1, 0.15) is 23.2 Å². The third kappa shape index (κ3) is 2.26. The number of carbonyl (C=O) groups is 2. The molecule has 1 fully saturated rings. The summed E-state index contributed by atoms with van der Waals surface area (Å²) in [7, 11) is 1.92. The predicted molar refractivity (Wildman–Crippen MR) is 73.0 cm³/mol. The van der Waals surface area contributed by atoms with Crippen molar-refractivity contribution in [2.75, 3.05) is 6.54 Å². The Hall–Kier alpha value is -2.10. The van der Waals surface area contributed by atoms with Gasteiger partial charge in [0.15, 0.2) is 5.78 Å². The molecule has 0 spiro atoms. The number of para-hydroxylation sites is 1. The number of hydrogen-bond acceptors (Lipinski definition) is 2. The number of fused-ring (bicyclic) bond motifs is 1. The number of nitrogens with zero attached hydrogens (tertiary/aromatic N) is 1. The minimum Gasteiger partial charge on any atom is -0.350 e. The second-order valence-electron chi connectivity index (χ2n) is 5.09. The number of aryl methyl sites for hydroxylation is 1. The monoisotopic (exact) mass is 256 g/mol. The minimum atomic E-state index is -0.0363. The van der Waals surface area contributed by atoms with Crippen molar-refractivity contribution in [3.8, 4) is 0 Å². The zero-order chi connectivity index (χ0) is 13.4. The Balaban J connectivity index is 1.79. The van der Waals surface area contributed by atoms with Gasteiger partial charge < -0.3 is 9.88 Å². The molecule has 0 unspecified atom stereocenters. The molecule has 0 aliphatic heterocycles. The lowest BCUT2D eigenvalue weighted by Gasteiger charge is -2.02. The summed E-state index contributed by atoms with van der Waals surface area (Å²) in [6.07, 6.45) is 3.73. The highest BCUT2D eigenvalue weighted by molar-refractivity contribution is 6.09. The number of hydrogen-bond donors (Lipinski definition) is 1. The number of amides is 1. The SMILES string of the molecule is Cn1cc(C(=O)CNC(=O)C2CC2)c2ccccc21. The van der Waals surface area contributed by atoms with E-state index in [1.807, 2.05) is 42.1 Å². The summed E-state index contributed by atoms with van der Waals surface area (Å²) in [6, 6.07) is 7.79. The maximum absolute atomic E-state index is 12.2. The molecule has 1 N–H and O–H groups in total. The molecule has 0 atom stereocenters. The largest absolute Gasteiger partial charge is 0.350 e. The van der Waals surface area contributed by atoms with E-state index in [4.69, 9.17) is 0 Å². The van der Waals surface area contributed by atoms with Crippen LogP contribution in [0, 0.1) is 5.92 Å². The second-order valence-corrected chi connectivity index (χ2v) is 5.09. The van der Waals surface area contributed by atoms with E-state index in [-0.39, 0.29) is 24.2 Å². The molecule has 4 nitrogen and oxygen atoms in total. The van der Waals surface area contributed by atoms with E-state index in [9.17, 15) is 9.59 Å². The van der Waals surface area contributed by atoms with Crippen LogP contribution in [0.25, 0.3) is 10.9 Å². The van der Waals surface area contributed by atoms with Crippen molar-refractivity contribution in [1.29, 1.82) is 0 Å². The quantitative estimate of drug-likeness (QED) is 0.849. The van der Waals surface area contributed by atoms with Gasteiger partial charge in [-0.25, -0.2) is 0 Å². The molecule has 0 bridgehead atoms. The van der Waals surface area contributed by atoms with Gasteiger partial charge in [-0.2, -0.15) is 0 Å². The highest BCUT2D eigenvalue weighted by Crippen LogP contribution is 2.28. The normalized spacial score (nSPS) is 14.6. The third-order valence-corrected chi connectivity index (χ3v) is 3.57. The van der Waals surface area contributed by atoms with E-state index >= 15 is 0 Å². The molecule has 4 heteroatoms. The van der Waals surface area contributed by atoms with Crippen molar-refractivity contribution in [2.45, 2.75) is 12.8 Å². The van der Waals surface area contributed by atoms with Gasteiger partial charge in [0.1, 0.15) is 0 Å². The Morgan fingerprint density at radius 1 is 1.32 bits per heavy atom. The lowest BCUT2D eigenvalue weighted by atomic mass is 10.1. The predicted octanol–water partition coefficient (Wildman–Crippen LogP) is 1.89. The van der Waals surface area contributed by atoms with Crippen LogP contribution in [0.2, 0.25) is 0 Å². The van der Waals surface area contributed by atoms with Crippen molar-refractivity contribution in [3.05, 3.63) is 36.0 Å². The van der Waals surface area contributed by atoms with Gasteiger partial charge in [0.2, 0.25) is 5.91 Å². The van der Waals surface area contributed by atoms with E-state index in [0.717, 1.165) is 23.7 Å². The smallest absolute Gasteiger partial charge is 0.223 e. The van der Waals surface area contributed by atoms with Crippen molar-refractivity contribution >= 4 is 22.6 Å². The number of carbonyl (C=O) groups excluding carboxylic acids is 2. The first-order valence-corrected chi connectivity index (χ1v) is 6.52. The molecule has 1 aliphatic rings. The lowest BCUT2D eigenvalue weighted by molar-refractivity contribution is -0.122. The molecule has 19 heavy (non-hydrogen) atoms. The molecule has 1 saturated carbocycles. The molecular formula is C15H16N2O2. The molecule has 1 heterocycles. The number of benzene rings is 1. The van der Waals surface area contributed by atoms with Gasteiger partial charge in [-0.05, 0) is 18.9 Å². The standard InChI is InChI=1S/C15H16N2O2/c1-17-9-12(11-4-2-3-5-13(11)17)14(18)8-16-15(19)10-6-7-10/h2-5,9-10H,6-8H2,1H3,(H,16,19). The fourth-order valence-electron chi connectivity index (χ4n) is 2.32. The zero-order valence-corrected chi connectivity index (χ0v) is 10.8. The Morgan fingerprint density at radius 3 is 2.79 bits per heavy atom. The molecule has 1 aliphatic carbocycles. The van der Waals surface area contributed by atoms with Crippen LogP contribution in [0.15, 0.2) is 30.5 Å². The molecule has 0 radical (unpaired) electrons. The average molecular weight is 256 g/mol. The van der Waals surface area contributed by atoms with Gasteiger partial charge in [0.25, 0.3) is 0 Å². The van der Waals surface area contributed by atoms with Crippen molar-refractivity contribution < 1.29 is 9.59 Å². The molecular weight excluding hydrogens is 240 g/mol. The van der Waals surface area contributed by atoms with Crippen LogP contribution < -0.4 is 5.32 Å². The van der Waals surface area contributed by atoms with Crippen molar-refractivity contribution in [1.82, 2.24) is 9.88 Å². The average Bonchev–Trinajstić information content (AvgIpc) is 3.21. The topological polar surface area (TPSA) is 51.1 Å². The first-order chi connectivity index (χ1) is 9.16. The number of ketones is 1. The van der Waals surface area contributed by atoms with Gasteiger partial charge in [-0.1, -0.05) is 18.2 Å². The Morgan fingerprint density at radius 2 is 2.05 bits per heavy atom. The summed E-state index contributed by atoms with van der Waals surface area (Å²) in [6.45, 7) is 0.0866. The summed E-state index contributed by atoms with van der Waals surface area (Å²) in [5, 5.41) is 3.66. The fraction of sp³-hybridized carbons (Fsp3) is 0.333. The first-order valence-electron chi connectivity index (χ1n) is 6.52. The minimum absolute atomic E-state index is 0.00795. The van der Waals surface area contributed by atoms with E-state index in [1.54, 1.807) is 0 Å². The maximum Gasteiger partial charge on any atom is 0.223 e. The summed E-state index contributed by atoms with van der Waals surface area (Å²) in [5.74, 6) is 0.111. The van der Waals surface area contributed by atoms with Crippen LogP contribution in [0.4, 0.5) is 0 Å². The fourth-order valence-corrected chi connectivity index (χ4v) is 2.32. The van der Waals surface area contributed by atoms with E-state index in [0.29, 0.717) is 5.56 Å². The molecule has 1 aromatic carbocycles. The van der Waals surface area contributed by atoms with Crippen LogP contribution in [-0.4, -0.2) is 22.8 Å². The second kappa shape index (κ2) is 4.53. The van der Waals surface area contributed by atoms with E-state index in [1.165, 1.54) is 0 Å². The van der Waals surface area contributed by atoms with Crippen molar-refractivity contribution in [3.63, 3.8) is 0 Å². The number of nitrogens with one attached hydrogen (secondary N) is 1. The molecule has 1 amide bonds. The number of aromatic nitrogens is 1. The van der Waals surface area contributed by atoms with Crippen molar-refractivity contribution in [2.24, 2.45) is 13.0 Å². The number of Topliss-reactive ketones (excluding diaryl/α,β-unsaturated/α-hetero) is 1. The highest BCUT2D eigenvalue weighted by atomic mass is 16.2. The van der Waals surface area contributed by atoms with Crippen LogP contribution in [0.3, 0.4) is 0 Å². The molecule has 0 saturated heterocycles. The van der Waals surface area contributed by atoms with Crippen LogP contribution in [-0.2, 0) is 11.8 Å². The maximum atomic E-state index is 12.2. The Kier molecular flexibility index (Phi) is 2.85. The summed E-state index contributed by atoms with van der Waals surface area (Å²) >= 11 is 0. The molecule has 1 aromatic heterocycles. The molecule has 3 rings (SSSR count). The van der Waals surface area contributed by atoms with E-state index in [2.05, 4.69) is 5.32 Å². The number of rotatable bonds is 4. The highest BCUT2D eigenvalue weighted by Gasteiger charge is 2.29. The van der Waals surface area contributed by atoms with Crippen LogP contribution >= 0.6 is 0 Å². The van der Waals surface area contributed by atoms with E-state index < -0.39 is 0 Å². The van der Waals surface area contributed by atoms with Gasteiger partial charge >= 0.3 is 0 Å². The molecule has 2 aromatic rings. The summed E-state index contributed by atoms with van der Waals surface area (Å²) < 4.78 is 1.94. The van der Waals surface area contributed by atoms with Gasteiger partial charge in [0.05, 0.1) is 6.54 Å². The first kappa shape index (κ1) is 12.0. The lowest BCUT2D eigenvalue weighted by Crippen LogP contribution is -2.30.